The second-order valence-corrected chi connectivity index (χ2v) is 6.04. The summed E-state index contributed by atoms with van der Waals surface area (Å²) >= 11 is 6.80. The predicted molar refractivity (Wildman–Crippen MR) is 76.1 cm³/mol. The van der Waals surface area contributed by atoms with Crippen LogP contribution in [0.5, 0.6) is 0 Å². The van der Waals surface area contributed by atoms with Crippen LogP contribution in [0.15, 0.2) is 38.8 Å². The number of hydrogen-bond donors (Lipinski definition) is 0. The summed E-state index contributed by atoms with van der Waals surface area (Å²) in [6.07, 6.45) is 3.09. The van der Waals surface area contributed by atoms with E-state index in [2.05, 4.69) is 44.9 Å². The zero-order chi connectivity index (χ0) is 12.4. The Balaban J connectivity index is 2.20. The Morgan fingerprint density at radius 1 is 1.24 bits per heavy atom. The van der Waals surface area contributed by atoms with Crippen molar-refractivity contribution in [1.82, 2.24) is 4.90 Å². The number of rotatable bonds is 1. The maximum Gasteiger partial charge on any atom is 0.254 e. The average molecular weight is 359 g/mol. The van der Waals surface area contributed by atoms with Crippen LogP contribution < -0.4 is 0 Å². The van der Waals surface area contributed by atoms with Crippen LogP contribution in [0, 0.1) is 0 Å². The summed E-state index contributed by atoms with van der Waals surface area (Å²) in [5.74, 6) is 0.0933. The van der Waals surface area contributed by atoms with Gasteiger partial charge >= 0.3 is 0 Å². The summed E-state index contributed by atoms with van der Waals surface area (Å²) in [4.78, 5) is 14.1. The molecule has 1 heterocycles. The molecule has 0 saturated carbocycles. The minimum Gasteiger partial charge on any atom is -0.335 e. The smallest absolute Gasteiger partial charge is 0.254 e. The minimum atomic E-state index is 0.0933. The van der Waals surface area contributed by atoms with Gasteiger partial charge in [0, 0.05) is 27.6 Å². The molecule has 1 aromatic carbocycles. The summed E-state index contributed by atoms with van der Waals surface area (Å²) in [7, 11) is 0. The van der Waals surface area contributed by atoms with E-state index in [1.165, 1.54) is 5.57 Å². The lowest BCUT2D eigenvalue weighted by Crippen LogP contribution is -2.34. The summed E-state index contributed by atoms with van der Waals surface area (Å²) in [6, 6.07) is 5.65. The van der Waals surface area contributed by atoms with Crippen molar-refractivity contribution in [1.29, 1.82) is 0 Å². The molecule has 1 aliphatic rings. The Kier molecular flexibility index (Phi) is 4.05. The average Bonchev–Trinajstić information content (AvgIpc) is 2.28. The van der Waals surface area contributed by atoms with E-state index < -0.39 is 0 Å². The number of halogens is 2. The third kappa shape index (κ3) is 3.19. The molecule has 0 atom stereocenters. The maximum absolute atomic E-state index is 12.3. The van der Waals surface area contributed by atoms with E-state index in [0.717, 1.165) is 34.0 Å². The Bertz CT molecular complexity index is 462. The van der Waals surface area contributed by atoms with Gasteiger partial charge in [0.15, 0.2) is 0 Å². The molecule has 1 amide bonds. The second-order valence-electron chi connectivity index (χ2n) is 4.21. The molecule has 4 heteroatoms. The molecule has 0 spiro atoms. The largest absolute Gasteiger partial charge is 0.335 e. The van der Waals surface area contributed by atoms with Crippen LogP contribution in [0.2, 0.25) is 0 Å². The van der Waals surface area contributed by atoms with Crippen LogP contribution in [0.3, 0.4) is 0 Å². The minimum absolute atomic E-state index is 0.0933. The molecule has 17 heavy (non-hydrogen) atoms. The molecule has 0 bridgehead atoms. The first-order valence-corrected chi connectivity index (χ1v) is 7.06. The number of nitrogens with zero attached hydrogens (tertiary/aromatic N) is 1. The van der Waals surface area contributed by atoms with Crippen molar-refractivity contribution in [2.45, 2.75) is 13.3 Å². The molecule has 0 aliphatic carbocycles. The van der Waals surface area contributed by atoms with Crippen LogP contribution in [0.4, 0.5) is 0 Å². The van der Waals surface area contributed by atoms with Gasteiger partial charge in [-0.25, -0.2) is 0 Å². The van der Waals surface area contributed by atoms with Crippen molar-refractivity contribution in [2.75, 3.05) is 13.1 Å². The summed E-state index contributed by atoms with van der Waals surface area (Å²) in [5.41, 5.74) is 2.09. The van der Waals surface area contributed by atoms with Gasteiger partial charge in [0.25, 0.3) is 5.91 Å². The fraction of sp³-hybridized carbons (Fsp3) is 0.308. The highest BCUT2D eigenvalue weighted by Crippen LogP contribution is 2.22. The Labute approximate surface area is 118 Å². The summed E-state index contributed by atoms with van der Waals surface area (Å²) in [6.45, 7) is 3.64. The molecule has 0 radical (unpaired) electrons. The van der Waals surface area contributed by atoms with E-state index in [0.29, 0.717) is 0 Å². The monoisotopic (exact) mass is 357 g/mol. The molecule has 1 aliphatic heterocycles. The van der Waals surface area contributed by atoms with Gasteiger partial charge in [0.1, 0.15) is 0 Å². The van der Waals surface area contributed by atoms with Crippen LogP contribution >= 0.6 is 31.9 Å². The molecule has 1 aromatic rings. The van der Waals surface area contributed by atoms with Gasteiger partial charge in [0.05, 0.1) is 0 Å². The van der Waals surface area contributed by atoms with Crippen LogP contribution in [0.1, 0.15) is 23.7 Å². The quantitative estimate of drug-likeness (QED) is 0.694. The summed E-state index contributed by atoms with van der Waals surface area (Å²) < 4.78 is 1.83. The number of amides is 1. The van der Waals surface area contributed by atoms with Gasteiger partial charge < -0.3 is 4.90 Å². The zero-order valence-corrected chi connectivity index (χ0v) is 12.7. The first-order chi connectivity index (χ1) is 8.06. The Hall–Kier alpha value is -0.610. The topological polar surface area (TPSA) is 20.3 Å². The van der Waals surface area contributed by atoms with Gasteiger partial charge in [-0.05, 0) is 31.5 Å². The Morgan fingerprint density at radius 3 is 2.41 bits per heavy atom. The molecule has 0 fully saturated rings. The van der Waals surface area contributed by atoms with Crippen LogP contribution in [0.25, 0.3) is 0 Å². The highest BCUT2D eigenvalue weighted by molar-refractivity contribution is 9.11. The number of carbonyl (C=O) groups is 1. The third-order valence-electron chi connectivity index (χ3n) is 2.83. The third-order valence-corrected chi connectivity index (χ3v) is 3.75. The molecule has 0 aromatic heterocycles. The number of carbonyl (C=O) groups excluding carboxylic acids is 1. The lowest BCUT2D eigenvalue weighted by molar-refractivity contribution is 0.0769. The van der Waals surface area contributed by atoms with Gasteiger partial charge in [-0.2, -0.15) is 0 Å². The van der Waals surface area contributed by atoms with Crippen molar-refractivity contribution in [3.05, 3.63) is 44.4 Å². The number of benzene rings is 1. The lowest BCUT2D eigenvalue weighted by atomic mass is 10.1. The fourth-order valence-electron chi connectivity index (χ4n) is 1.82. The van der Waals surface area contributed by atoms with E-state index in [1.54, 1.807) is 0 Å². The van der Waals surface area contributed by atoms with Crippen LogP contribution in [-0.4, -0.2) is 23.9 Å². The number of hydrogen-bond acceptors (Lipinski definition) is 1. The van der Waals surface area contributed by atoms with Gasteiger partial charge in [-0.15, -0.1) is 0 Å². The van der Waals surface area contributed by atoms with Gasteiger partial charge in [-0.3, -0.25) is 4.79 Å². The fourth-order valence-corrected chi connectivity index (χ4v) is 3.11. The van der Waals surface area contributed by atoms with E-state index in [1.807, 2.05) is 23.1 Å². The molecule has 2 nitrogen and oxygen atoms in total. The first-order valence-electron chi connectivity index (χ1n) is 5.47. The van der Waals surface area contributed by atoms with E-state index in [-0.39, 0.29) is 5.91 Å². The van der Waals surface area contributed by atoms with Crippen molar-refractivity contribution >= 4 is 37.8 Å². The van der Waals surface area contributed by atoms with Crippen molar-refractivity contribution in [2.24, 2.45) is 0 Å². The standard InChI is InChI=1S/C13H13Br2NO/c1-9-2-4-16(5-3-9)13(17)10-6-11(14)8-12(15)7-10/h2,6-8H,3-5H2,1H3. The van der Waals surface area contributed by atoms with Crippen molar-refractivity contribution in [3.63, 3.8) is 0 Å². The molecule has 0 unspecified atom stereocenters. The second kappa shape index (κ2) is 5.36. The molecular weight excluding hydrogens is 346 g/mol. The molecule has 90 valence electrons. The van der Waals surface area contributed by atoms with Crippen molar-refractivity contribution < 1.29 is 4.79 Å². The molecule has 2 rings (SSSR count). The van der Waals surface area contributed by atoms with E-state index >= 15 is 0 Å². The highest BCUT2D eigenvalue weighted by atomic mass is 79.9. The predicted octanol–water partition coefficient (Wildman–Crippen LogP) is 4.00. The van der Waals surface area contributed by atoms with Crippen molar-refractivity contribution in [3.8, 4) is 0 Å². The SMILES string of the molecule is CC1=CCN(C(=O)c2cc(Br)cc(Br)c2)CC1. The molecule has 0 saturated heterocycles. The summed E-state index contributed by atoms with van der Waals surface area (Å²) in [5, 5.41) is 0. The normalized spacial score (nSPS) is 15.7. The lowest BCUT2D eigenvalue weighted by Gasteiger charge is -2.25. The van der Waals surface area contributed by atoms with Crippen LogP contribution in [-0.2, 0) is 0 Å². The first kappa shape index (κ1) is 12.8. The van der Waals surface area contributed by atoms with Gasteiger partial charge in [0.2, 0.25) is 0 Å². The maximum atomic E-state index is 12.3. The van der Waals surface area contributed by atoms with Gasteiger partial charge in [-0.1, -0.05) is 43.5 Å². The zero-order valence-electron chi connectivity index (χ0n) is 9.54. The Morgan fingerprint density at radius 2 is 1.88 bits per heavy atom. The van der Waals surface area contributed by atoms with E-state index in [4.69, 9.17) is 0 Å². The molecule has 0 N–H and O–H groups in total. The van der Waals surface area contributed by atoms with E-state index in [9.17, 15) is 4.79 Å². The molecular formula is C13H13Br2NO. The highest BCUT2D eigenvalue weighted by Gasteiger charge is 2.18.